The summed E-state index contributed by atoms with van der Waals surface area (Å²) in [6, 6.07) is 9.27. The molecular weight excluding hydrogens is 404 g/mol. The molecule has 5 rings (SSSR count). The lowest BCUT2D eigenvalue weighted by Crippen LogP contribution is -2.40. The summed E-state index contributed by atoms with van der Waals surface area (Å²) in [4.78, 5) is 12.6. The fourth-order valence-corrected chi connectivity index (χ4v) is 4.69. The molecule has 3 heterocycles. The van der Waals surface area contributed by atoms with Crippen LogP contribution in [0.4, 0.5) is 5.69 Å². The Morgan fingerprint density at radius 2 is 1.81 bits per heavy atom. The van der Waals surface area contributed by atoms with Gasteiger partial charge in [0, 0.05) is 24.7 Å². The minimum Gasteiger partial charge on any atom is -0.493 e. The third kappa shape index (κ3) is 3.01. The zero-order chi connectivity index (χ0) is 22.5. The van der Waals surface area contributed by atoms with Crippen molar-refractivity contribution < 1.29 is 9.47 Å². The molecule has 2 aromatic heterocycles. The molecule has 0 aliphatic carbocycles. The first-order chi connectivity index (χ1) is 15.5. The van der Waals surface area contributed by atoms with Gasteiger partial charge < -0.3 is 19.4 Å². The van der Waals surface area contributed by atoms with Gasteiger partial charge in [-0.15, -0.1) is 4.80 Å². The number of H-pyrrole nitrogens is 1. The number of anilines is 1. The number of aromatic amines is 1. The molecule has 0 bridgehead atoms. The van der Waals surface area contributed by atoms with E-state index in [1.807, 2.05) is 18.2 Å². The van der Waals surface area contributed by atoms with E-state index in [2.05, 4.69) is 46.9 Å². The monoisotopic (exact) mass is 431 g/mol. The number of nitrogens with zero attached hydrogens (tertiary/aromatic N) is 5. The van der Waals surface area contributed by atoms with Gasteiger partial charge in [0.15, 0.2) is 11.5 Å². The van der Waals surface area contributed by atoms with E-state index >= 15 is 0 Å². The summed E-state index contributed by atoms with van der Waals surface area (Å²) in [5.74, 6) is 2.27. The summed E-state index contributed by atoms with van der Waals surface area (Å²) in [5, 5.41) is 8.76. The second-order valence-corrected chi connectivity index (χ2v) is 8.45. The van der Waals surface area contributed by atoms with Crippen LogP contribution in [0, 0.1) is 19.9 Å². The van der Waals surface area contributed by atoms with Crippen LogP contribution in [0.15, 0.2) is 30.6 Å². The minimum absolute atomic E-state index is 0.326. The average molecular weight is 432 g/mol. The Morgan fingerprint density at radius 3 is 2.53 bits per heavy atom. The lowest BCUT2D eigenvalue weighted by Gasteiger charge is -2.37. The van der Waals surface area contributed by atoms with E-state index in [0.29, 0.717) is 11.5 Å². The Morgan fingerprint density at radius 1 is 1.09 bits per heavy atom. The molecule has 1 aliphatic heterocycles. The van der Waals surface area contributed by atoms with E-state index in [9.17, 15) is 0 Å². The molecule has 0 spiro atoms. The number of hydrogen-bond donors (Lipinski definition) is 1. The largest absolute Gasteiger partial charge is 0.493 e. The number of hydrogen-bond acceptors (Lipinski definition) is 6. The van der Waals surface area contributed by atoms with E-state index in [4.69, 9.17) is 14.5 Å². The van der Waals surface area contributed by atoms with Crippen LogP contribution in [0.3, 0.4) is 0 Å². The van der Waals surface area contributed by atoms with Crippen LogP contribution in [0.5, 0.6) is 11.5 Å². The Hall–Kier alpha value is -3.55. The highest BCUT2D eigenvalue weighted by Gasteiger charge is 2.42. The van der Waals surface area contributed by atoms with Crippen molar-refractivity contribution in [2.24, 2.45) is 0 Å². The van der Waals surface area contributed by atoms with Gasteiger partial charge in [0.05, 0.1) is 48.9 Å². The first kappa shape index (κ1) is 20.4. The number of ether oxygens (including phenoxy) is 2. The maximum Gasteiger partial charge on any atom is 0.163 e. The maximum absolute atomic E-state index is 5.48. The number of methoxy groups -OCH3 is 2. The molecule has 4 aromatic rings. The quantitative estimate of drug-likeness (QED) is 0.513. The van der Waals surface area contributed by atoms with Crippen LogP contribution in [-0.2, 0) is 5.54 Å². The van der Waals surface area contributed by atoms with Gasteiger partial charge in [0.2, 0.25) is 0 Å². The SMILES string of the molecule is COc1cc2nc([C@]3(C)CCCN3c3c(-n4nccn4)[c]cc(C)c3C)[nH]c2cc1OC. The summed E-state index contributed by atoms with van der Waals surface area (Å²) < 4.78 is 10.9. The van der Waals surface area contributed by atoms with Crippen molar-refractivity contribution in [2.45, 2.75) is 39.2 Å². The normalized spacial score (nSPS) is 18.5. The Labute approximate surface area is 187 Å². The molecule has 0 saturated carbocycles. The van der Waals surface area contributed by atoms with Gasteiger partial charge in [-0.1, -0.05) is 0 Å². The van der Waals surface area contributed by atoms with E-state index in [1.165, 1.54) is 11.1 Å². The number of rotatable bonds is 5. The second kappa shape index (κ2) is 7.55. The van der Waals surface area contributed by atoms with Crippen molar-refractivity contribution in [3.8, 4) is 17.2 Å². The predicted molar refractivity (Wildman–Crippen MR) is 123 cm³/mol. The molecule has 1 atom stereocenters. The number of aromatic nitrogens is 5. The van der Waals surface area contributed by atoms with Crippen LogP contribution < -0.4 is 14.4 Å². The van der Waals surface area contributed by atoms with Gasteiger partial charge in [-0.05, 0) is 50.8 Å². The number of nitrogens with one attached hydrogen (secondary N) is 1. The van der Waals surface area contributed by atoms with Crippen molar-refractivity contribution in [1.82, 2.24) is 25.0 Å². The zero-order valence-corrected chi connectivity index (χ0v) is 19.1. The summed E-state index contributed by atoms with van der Waals surface area (Å²) in [7, 11) is 3.28. The Balaban J connectivity index is 1.66. The molecule has 8 nitrogen and oxygen atoms in total. The van der Waals surface area contributed by atoms with Gasteiger partial charge in [-0.3, -0.25) is 0 Å². The maximum atomic E-state index is 5.48. The molecule has 1 fully saturated rings. The molecule has 2 aromatic carbocycles. The molecule has 165 valence electrons. The van der Waals surface area contributed by atoms with Crippen molar-refractivity contribution >= 4 is 16.7 Å². The summed E-state index contributed by atoms with van der Waals surface area (Å²) in [6.45, 7) is 7.42. The minimum atomic E-state index is -0.326. The standard InChI is InChI=1S/C24H27N6O2/c1-15-7-8-19(30-25-10-11-26-30)22(16(15)2)29-12-6-9-24(29,3)23-27-17-13-20(31-4)21(32-5)14-18(17)28-23/h7,10-11,13-14H,6,9,12H2,1-5H3,(H,27,28)/t24-/m0/s1. The van der Waals surface area contributed by atoms with Gasteiger partial charge >= 0.3 is 0 Å². The zero-order valence-electron chi connectivity index (χ0n) is 19.1. The molecule has 0 amide bonds. The smallest absolute Gasteiger partial charge is 0.163 e. The predicted octanol–water partition coefficient (Wildman–Crippen LogP) is 4.09. The third-order valence-corrected chi connectivity index (χ3v) is 6.62. The van der Waals surface area contributed by atoms with Crippen LogP contribution in [0.25, 0.3) is 16.7 Å². The summed E-state index contributed by atoms with van der Waals surface area (Å²) >= 11 is 0. The number of benzene rings is 2. The molecule has 0 unspecified atom stereocenters. The Bertz CT molecular complexity index is 1240. The van der Waals surface area contributed by atoms with Crippen LogP contribution in [0.2, 0.25) is 0 Å². The first-order valence-corrected chi connectivity index (χ1v) is 10.7. The molecule has 32 heavy (non-hydrogen) atoms. The molecule has 1 saturated heterocycles. The van der Waals surface area contributed by atoms with E-state index in [1.54, 1.807) is 31.4 Å². The van der Waals surface area contributed by atoms with Gasteiger partial charge in [-0.2, -0.15) is 10.2 Å². The number of fused-ring (bicyclic) bond motifs is 1. The average Bonchev–Trinajstić information content (AvgIpc) is 3.54. The summed E-state index contributed by atoms with van der Waals surface area (Å²) in [5.41, 5.74) is 5.78. The van der Waals surface area contributed by atoms with Crippen molar-refractivity contribution in [3.63, 3.8) is 0 Å². The summed E-state index contributed by atoms with van der Waals surface area (Å²) in [6.07, 6.45) is 5.41. The van der Waals surface area contributed by atoms with Crippen molar-refractivity contribution in [3.05, 3.63) is 53.6 Å². The fourth-order valence-electron chi connectivity index (χ4n) is 4.69. The van der Waals surface area contributed by atoms with Crippen molar-refractivity contribution in [2.75, 3.05) is 25.7 Å². The van der Waals surface area contributed by atoms with Gasteiger partial charge in [0.25, 0.3) is 0 Å². The molecule has 1 aliphatic rings. The number of aryl methyl sites for hydroxylation is 1. The molecule has 1 radical (unpaired) electrons. The highest BCUT2D eigenvalue weighted by molar-refractivity contribution is 5.80. The lowest BCUT2D eigenvalue weighted by molar-refractivity contribution is 0.356. The van der Waals surface area contributed by atoms with Crippen LogP contribution >= 0.6 is 0 Å². The van der Waals surface area contributed by atoms with Crippen LogP contribution in [0.1, 0.15) is 36.7 Å². The highest BCUT2D eigenvalue weighted by atomic mass is 16.5. The molecule has 1 N–H and O–H groups in total. The second-order valence-electron chi connectivity index (χ2n) is 8.45. The molecular formula is C24H27N6O2. The van der Waals surface area contributed by atoms with Gasteiger partial charge in [0.1, 0.15) is 11.5 Å². The fraction of sp³-hybridized carbons (Fsp3) is 0.375. The van der Waals surface area contributed by atoms with E-state index in [-0.39, 0.29) is 5.54 Å². The molecule has 8 heteroatoms. The van der Waals surface area contributed by atoms with E-state index in [0.717, 1.165) is 47.6 Å². The number of imidazole rings is 1. The van der Waals surface area contributed by atoms with Crippen LogP contribution in [-0.4, -0.2) is 45.7 Å². The van der Waals surface area contributed by atoms with Crippen molar-refractivity contribution in [1.29, 1.82) is 0 Å². The third-order valence-electron chi connectivity index (χ3n) is 6.62. The topological polar surface area (TPSA) is 81.1 Å². The lowest BCUT2D eigenvalue weighted by atomic mass is 9.95. The van der Waals surface area contributed by atoms with Gasteiger partial charge in [-0.25, -0.2) is 4.98 Å². The Kier molecular flexibility index (Phi) is 4.80. The van der Waals surface area contributed by atoms with E-state index < -0.39 is 0 Å². The highest BCUT2D eigenvalue weighted by Crippen LogP contribution is 2.45. The first-order valence-electron chi connectivity index (χ1n) is 10.7.